The van der Waals surface area contributed by atoms with Gasteiger partial charge in [-0.1, -0.05) is 33.6 Å². The van der Waals surface area contributed by atoms with E-state index >= 15 is 0 Å². The van der Waals surface area contributed by atoms with Gasteiger partial charge < -0.3 is 15.3 Å². The maximum atomic E-state index is 9.57. The van der Waals surface area contributed by atoms with E-state index in [1.165, 1.54) is 12.1 Å². The number of aliphatic hydroxyl groups is 2. The standard InChI is InChI=1S/C9H10BrClO3/c10-4-8(13)9(14)5-1-2-6(11)7(12)3-5/h1-3,8-9,12-14H,4H2. The van der Waals surface area contributed by atoms with E-state index in [1.54, 1.807) is 6.07 Å². The number of halogens is 2. The smallest absolute Gasteiger partial charge is 0.134 e. The van der Waals surface area contributed by atoms with Crippen molar-refractivity contribution < 1.29 is 15.3 Å². The number of benzene rings is 1. The van der Waals surface area contributed by atoms with Gasteiger partial charge in [-0.05, 0) is 17.7 Å². The number of hydrogen-bond acceptors (Lipinski definition) is 3. The lowest BCUT2D eigenvalue weighted by molar-refractivity contribution is 0.0341. The van der Waals surface area contributed by atoms with Crippen LogP contribution in [-0.2, 0) is 0 Å². The van der Waals surface area contributed by atoms with Crippen LogP contribution in [0.25, 0.3) is 0 Å². The summed E-state index contributed by atoms with van der Waals surface area (Å²) in [4.78, 5) is 0. The predicted molar refractivity (Wildman–Crippen MR) is 57.9 cm³/mol. The molecule has 0 saturated carbocycles. The Labute approximate surface area is 95.1 Å². The first kappa shape index (κ1) is 11.8. The van der Waals surface area contributed by atoms with Crippen molar-refractivity contribution in [1.82, 2.24) is 0 Å². The fourth-order valence-corrected chi connectivity index (χ4v) is 1.49. The quantitative estimate of drug-likeness (QED) is 0.741. The van der Waals surface area contributed by atoms with Crippen LogP contribution in [0.2, 0.25) is 5.02 Å². The number of phenolic OH excluding ortho intramolecular Hbond substituents is 1. The number of aliphatic hydroxyl groups excluding tert-OH is 2. The SMILES string of the molecule is Oc1cc(C(O)C(O)CBr)ccc1Cl. The van der Waals surface area contributed by atoms with Crippen molar-refractivity contribution in [3.05, 3.63) is 28.8 Å². The van der Waals surface area contributed by atoms with Crippen LogP contribution in [0, 0.1) is 0 Å². The maximum Gasteiger partial charge on any atom is 0.134 e. The highest BCUT2D eigenvalue weighted by Gasteiger charge is 2.17. The van der Waals surface area contributed by atoms with Crippen molar-refractivity contribution in [2.24, 2.45) is 0 Å². The van der Waals surface area contributed by atoms with Gasteiger partial charge in [0.1, 0.15) is 11.9 Å². The second kappa shape index (κ2) is 4.98. The molecule has 0 radical (unpaired) electrons. The summed E-state index contributed by atoms with van der Waals surface area (Å²) in [6, 6.07) is 4.36. The van der Waals surface area contributed by atoms with Gasteiger partial charge >= 0.3 is 0 Å². The molecule has 0 amide bonds. The van der Waals surface area contributed by atoms with Gasteiger partial charge in [0.15, 0.2) is 0 Å². The molecule has 0 aliphatic rings. The predicted octanol–water partition coefficient (Wildman–Crippen LogP) is 1.83. The number of hydrogen-bond donors (Lipinski definition) is 3. The molecule has 0 spiro atoms. The molecule has 0 aliphatic heterocycles. The molecule has 0 aromatic heterocycles. The van der Waals surface area contributed by atoms with Crippen LogP contribution in [0.4, 0.5) is 0 Å². The van der Waals surface area contributed by atoms with Crippen LogP contribution in [0.5, 0.6) is 5.75 Å². The number of phenols is 1. The van der Waals surface area contributed by atoms with Gasteiger partial charge in [-0.15, -0.1) is 0 Å². The Hall–Kier alpha value is -0.290. The van der Waals surface area contributed by atoms with E-state index in [0.29, 0.717) is 5.56 Å². The second-order valence-corrected chi connectivity index (χ2v) is 3.93. The van der Waals surface area contributed by atoms with E-state index in [4.69, 9.17) is 11.6 Å². The van der Waals surface area contributed by atoms with Gasteiger partial charge in [0.2, 0.25) is 0 Å². The lowest BCUT2D eigenvalue weighted by Gasteiger charge is -2.16. The van der Waals surface area contributed by atoms with E-state index < -0.39 is 12.2 Å². The summed E-state index contributed by atoms with van der Waals surface area (Å²) in [5.41, 5.74) is 0.429. The highest BCUT2D eigenvalue weighted by atomic mass is 79.9. The largest absolute Gasteiger partial charge is 0.506 e. The van der Waals surface area contributed by atoms with Crippen molar-refractivity contribution in [1.29, 1.82) is 0 Å². The minimum absolute atomic E-state index is 0.106. The molecule has 14 heavy (non-hydrogen) atoms. The Morgan fingerprint density at radius 3 is 2.50 bits per heavy atom. The molecule has 0 heterocycles. The molecule has 0 aliphatic carbocycles. The Balaban J connectivity index is 2.91. The lowest BCUT2D eigenvalue weighted by atomic mass is 10.1. The van der Waals surface area contributed by atoms with E-state index in [0.717, 1.165) is 0 Å². The third-order valence-corrected chi connectivity index (χ3v) is 2.82. The first-order chi connectivity index (χ1) is 6.56. The van der Waals surface area contributed by atoms with E-state index in [1.807, 2.05) is 0 Å². The average molecular weight is 282 g/mol. The van der Waals surface area contributed by atoms with Gasteiger partial charge in [0.05, 0.1) is 11.1 Å². The minimum atomic E-state index is -1.03. The lowest BCUT2D eigenvalue weighted by Crippen LogP contribution is -2.19. The summed E-state index contributed by atoms with van der Waals surface area (Å²) in [5, 5.41) is 28.6. The summed E-state index contributed by atoms with van der Waals surface area (Å²) in [5.74, 6) is -0.106. The third kappa shape index (κ3) is 2.60. The molecule has 1 rings (SSSR count). The Morgan fingerprint density at radius 2 is 2.00 bits per heavy atom. The van der Waals surface area contributed by atoms with Crippen molar-refractivity contribution in [3.8, 4) is 5.75 Å². The molecule has 78 valence electrons. The van der Waals surface area contributed by atoms with E-state index in [2.05, 4.69) is 15.9 Å². The first-order valence-electron chi connectivity index (χ1n) is 3.96. The van der Waals surface area contributed by atoms with E-state index in [-0.39, 0.29) is 16.1 Å². The Morgan fingerprint density at radius 1 is 1.36 bits per heavy atom. The molecule has 0 saturated heterocycles. The fourth-order valence-electron chi connectivity index (χ4n) is 1.02. The summed E-state index contributed by atoms with van der Waals surface area (Å²) in [7, 11) is 0. The first-order valence-corrected chi connectivity index (χ1v) is 5.46. The summed E-state index contributed by atoms with van der Waals surface area (Å²) in [6.45, 7) is 0. The molecule has 5 heteroatoms. The average Bonchev–Trinajstić information content (AvgIpc) is 2.20. The summed E-state index contributed by atoms with van der Waals surface area (Å²) in [6.07, 6.45) is -1.94. The van der Waals surface area contributed by atoms with Crippen LogP contribution in [0.15, 0.2) is 18.2 Å². The normalized spacial score (nSPS) is 15.1. The molecular weight excluding hydrogens is 271 g/mol. The summed E-state index contributed by atoms with van der Waals surface area (Å²) >= 11 is 8.64. The molecule has 0 fully saturated rings. The van der Waals surface area contributed by atoms with Crippen molar-refractivity contribution in [2.45, 2.75) is 12.2 Å². The zero-order valence-corrected chi connectivity index (χ0v) is 9.53. The molecule has 2 atom stereocenters. The molecule has 2 unspecified atom stereocenters. The molecule has 1 aromatic carbocycles. The second-order valence-electron chi connectivity index (χ2n) is 2.88. The monoisotopic (exact) mass is 280 g/mol. The van der Waals surface area contributed by atoms with Crippen molar-refractivity contribution >= 4 is 27.5 Å². The third-order valence-electron chi connectivity index (χ3n) is 1.83. The fraction of sp³-hybridized carbons (Fsp3) is 0.333. The number of rotatable bonds is 3. The Bertz CT molecular complexity index is 319. The van der Waals surface area contributed by atoms with Gasteiger partial charge in [-0.25, -0.2) is 0 Å². The van der Waals surface area contributed by atoms with Crippen LogP contribution < -0.4 is 0 Å². The van der Waals surface area contributed by atoms with E-state index in [9.17, 15) is 15.3 Å². The van der Waals surface area contributed by atoms with Crippen molar-refractivity contribution in [2.75, 3.05) is 5.33 Å². The maximum absolute atomic E-state index is 9.57. The minimum Gasteiger partial charge on any atom is -0.506 e. The van der Waals surface area contributed by atoms with Gasteiger partial charge in [-0.3, -0.25) is 0 Å². The Kier molecular flexibility index (Phi) is 4.19. The topological polar surface area (TPSA) is 60.7 Å². The number of aromatic hydroxyl groups is 1. The molecule has 1 aromatic rings. The highest BCUT2D eigenvalue weighted by Crippen LogP contribution is 2.28. The van der Waals surface area contributed by atoms with Crippen LogP contribution in [0.3, 0.4) is 0 Å². The molecular formula is C9H10BrClO3. The van der Waals surface area contributed by atoms with Crippen molar-refractivity contribution in [3.63, 3.8) is 0 Å². The zero-order chi connectivity index (χ0) is 10.7. The molecule has 3 N–H and O–H groups in total. The van der Waals surface area contributed by atoms with Gasteiger partial charge in [0.25, 0.3) is 0 Å². The van der Waals surface area contributed by atoms with Crippen LogP contribution in [0.1, 0.15) is 11.7 Å². The van der Waals surface area contributed by atoms with Crippen LogP contribution >= 0.6 is 27.5 Å². The summed E-state index contributed by atoms with van der Waals surface area (Å²) < 4.78 is 0. The van der Waals surface area contributed by atoms with Gasteiger partial charge in [0, 0.05) is 5.33 Å². The number of alkyl halides is 1. The zero-order valence-electron chi connectivity index (χ0n) is 7.19. The molecule has 0 bridgehead atoms. The highest BCUT2D eigenvalue weighted by molar-refractivity contribution is 9.09. The van der Waals surface area contributed by atoms with Gasteiger partial charge in [-0.2, -0.15) is 0 Å². The molecule has 3 nitrogen and oxygen atoms in total. The van der Waals surface area contributed by atoms with Crippen LogP contribution in [-0.4, -0.2) is 26.8 Å².